The van der Waals surface area contributed by atoms with Crippen LogP contribution in [0.5, 0.6) is 0 Å². The molecule has 126 valence electrons. The van der Waals surface area contributed by atoms with Crippen molar-refractivity contribution in [2.24, 2.45) is 0 Å². The van der Waals surface area contributed by atoms with Crippen molar-refractivity contribution in [2.45, 2.75) is 19.5 Å². The SMILES string of the molecule is O=C(Cc1ccccc1)NN(Cc1ccccc1)Cc1ccccc1. The maximum Gasteiger partial charge on any atom is 0.238 e. The minimum Gasteiger partial charge on any atom is -0.288 e. The Bertz CT molecular complexity index is 731. The summed E-state index contributed by atoms with van der Waals surface area (Å²) in [5.41, 5.74) is 6.40. The lowest BCUT2D eigenvalue weighted by atomic mass is 10.1. The molecule has 0 aliphatic rings. The Kier molecular flexibility index (Phi) is 5.96. The molecule has 0 unspecified atom stereocenters. The number of hydrogen-bond acceptors (Lipinski definition) is 2. The molecule has 0 aliphatic heterocycles. The summed E-state index contributed by atoms with van der Waals surface area (Å²) in [5, 5.41) is 1.97. The van der Waals surface area contributed by atoms with Crippen molar-refractivity contribution in [3.8, 4) is 0 Å². The van der Waals surface area contributed by atoms with Crippen molar-refractivity contribution in [2.75, 3.05) is 0 Å². The Morgan fingerprint density at radius 2 is 1.04 bits per heavy atom. The molecule has 1 amide bonds. The largest absolute Gasteiger partial charge is 0.288 e. The maximum atomic E-state index is 12.5. The van der Waals surface area contributed by atoms with Crippen molar-refractivity contribution in [3.05, 3.63) is 108 Å². The van der Waals surface area contributed by atoms with E-state index in [0.29, 0.717) is 19.5 Å². The van der Waals surface area contributed by atoms with Crippen LogP contribution in [-0.4, -0.2) is 10.9 Å². The summed E-state index contributed by atoms with van der Waals surface area (Å²) in [6.07, 6.45) is 0.376. The molecule has 3 rings (SSSR count). The lowest BCUT2D eigenvalue weighted by Gasteiger charge is -2.23. The molecular weight excluding hydrogens is 308 g/mol. The van der Waals surface area contributed by atoms with Gasteiger partial charge in [-0.05, 0) is 16.7 Å². The van der Waals surface area contributed by atoms with Gasteiger partial charge in [-0.25, -0.2) is 5.01 Å². The zero-order valence-electron chi connectivity index (χ0n) is 14.1. The van der Waals surface area contributed by atoms with Crippen molar-refractivity contribution in [1.29, 1.82) is 0 Å². The average Bonchev–Trinajstić information content (AvgIpc) is 2.64. The molecule has 3 heteroatoms. The summed E-state index contributed by atoms with van der Waals surface area (Å²) in [6.45, 7) is 1.33. The molecule has 0 saturated carbocycles. The van der Waals surface area contributed by atoms with Crippen molar-refractivity contribution in [3.63, 3.8) is 0 Å². The van der Waals surface area contributed by atoms with Gasteiger partial charge in [0.15, 0.2) is 0 Å². The quantitative estimate of drug-likeness (QED) is 0.665. The van der Waals surface area contributed by atoms with Gasteiger partial charge in [0, 0.05) is 13.1 Å². The molecule has 25 heavy (non-hydrogen) atoms. The highest BCUT2D eigenvalue weighted by Gasteiger charge is 2.11. The molecule has 0 heterocycles. The van der Waals surface area contributed by atoms with Gasteiger partial charge < -0.3 is 0 Å². The Hall–Kier alpha value is -2.91. The van der Waals surface area contributed by atoms with Crippen LogP contribution in [-0.2, 0) is 24.3 Å². The van der Waals surface area contributed by atoms with Gasteiger partial charge in [-0.15, -0.1) is 0 Å². The van der Waals surface area contributed by atoms with Crippen molar-refractivity contribution >= 4 is 5.91 Å². The van der Waals surface area contributed by atoms with Gasteiger partial charge in [0.05, 0.1) is 6.42 Å². The number of carbonyl (C=O) groups excluding carboxylic acids is 1. The minimum atomic E-state index is -0.00179. The zero-order chi connectivity index (χ0) is 17.3. The van der Waals surface area contributed by atoms with E-state index in [1.165, 1.54) is 11.1 Å². The summed E-state index contributed by atoms with van der Waals surface area (Å²) >= 11 is 0. The zero-order valence-corrected chi connectivity index (χ0v) is 14.1. The third-order valence-electron chi connectivity index (χ3n) is 3.92. The average molecular weight is 330 g/mol. The monoisotopic (exact) mass is 330 g/mol. The molecule has 3 nitrogen and oxygen atoms in total. The van der Waals surface area contributed by atoms with Gasteiger partial charge in [-0.1, -0.05) is 91.0 Å². The number of nitrogens with one attached hydrogen (secondary N) is 1. The lowest BCUT2D eigenvalue weighted by molar-refractivity contribution is -0.125. The highest BCUT2D eigenvalue weighted by atomic mass is 16.2. The molecule has 3 aromatic rings. The molecule has 0 atom stereocenters. The van der Waals surface area contributed by atoms with Crippen LogP contribution >= 0.6 is 0 Å². The summed E-state index contributed by atoms with van der Waals surface area (Å²) < 4.78 is 0. The van der Waals surface area contributed by atoms with Crippen LogP contribution in [0.2, 0.25) is 0 Å². The van der Waals surface area contributed by atoms with Gasteiger partial charge in [0.25, 0.3) is 0 Å². The standard InChI is InChI=1S/C22H22N2O/c25-22(16-19-10-4-1-5-11-19)23-24(17-20-12-6-2-7-13-20)18-21-14-8-3-9-15-21/h1-15H,16-18H2,(H,23,25). The number of benzene rings is 3. The number of amides is 1. The molecule has 0 bridgehead atoms. The third-order valence-corrected chi connectivity index (χ3v) is 3.92. The minimum absolute atomic E-state index is 0.00179. The fraction of sp³-hybridized carbons (Fsp3) is 0.136. The first-order valence-electron chi connectivity index (χ1n) is 8.46. The molecular formula is C22H22N2O. The molecule has 0 spiro atoms. The molecule has 0 radical (unpaired) electrons. The van der Waals surface area contributed by atoms with Gasteiger partial charge in [0.1, 0.15) is 0 Å². The van der Waals surface area contributed by atoms with Crippen LogP contribution in [0.15, 0.2) is 91.0 Å². The Labute approximate surface area is 148 Å². The van der Waals surface area contributed by atoms with Crippen LogP contribution in [0.3, 0.4) is 0 Å². The van der Waals surface area contributed by atoms with Crippen LogP contribution in [0, 0.1) is 0 Å². The molecule has 1 N–H and O–H groups in total. The number of carbonyl (C=O) groups is 1. The summed E-state index contributed by atoms with van der Waals surface area (Å²) in [6, 6.07) is 30.1. The van der Waals surface area contributed by atoms with Gasteiger partial charge in [-0.2, -0.15) is 0 Å². The van der Waals surface area contributed by atoms with Gasteiger partial charge in [-0.3, -0.25) is 10.2 Å². The van der Waals surface area contributed by atoms with E-state index < -0.39 is 0 Å². The Morgan fingerprint density at radius 3 is 1.48 bits per heavy atom. The van der Waals surface area contributed by atoms with E-state index in [-0.39, 0.29) is 5.91 Å². The molecule has 3 aromatic carbocycles. The van der Waals surface area contributed by atoms with Crippen LogP contribution in [0.25, 0.3) is 0 Å². The number of nitrogens with zero attached hydrogens (tertiary/aromatic N) is 1. The summed E-state index contributed by atoms with van der Waals surface area (Å²) in [7, 11) is 0. The third kappa shape index (κ3) is 5.59. The van der Waals surface area contributed by atoms with E-state index in [0.717, 1.165) is 5.56 Å². The maximum absolute atomic E-state index is 12.5. The van der Waals surface area contributed by atoms with Crippen molar-refractivity contribution in [1.82, 2.24) is 10.4 Å². The van der Waals surface area contributed by atoms with Crippen LogP contribution in [0.1, 0.15) is 16.7 Å². The highest BCUT2D eigenvalue weighted by molar-refractivity contribution is 5.78. The fourth-order valence-electron chi connectivity index (χ4n) is 2.74. The smallest absolute Gasteiger partial charge is 0.238 e. The lowest BCUT2D eigenvalue weighted by Crippen LogP contribution is -2.42. The molecule has 0 fully saturated rings. The Balaban J connectivity index is 1.68. The second-order valence-corrected chi connectivity index (χ2v) is 6.02. The predicted molar refractivity (Wildman–Crippen MR) is 100 cm³/mol. The summed E-state index contributed by atoms with van der Waals surface area (Å²) in [4.78, 5) is 12.5. The molecule has 0 aromatic heterocycles. The molecule has 0 aliphatic carbocycles. The normalized spacial score (nSPS) is 10.6. The van der Waals surface area contributed by atoms with Gasteiger partial charge in [0.2, 0.25) is 5.91 Å². The first kappa shape index (κ1) is 16.9. The fourth-order valence-corrected chi connectivity index (χ4v) is 2.74. The topological polar surface area (TPSA) is 32.3 Å². The summed E-state index contributed by atoms with van der Waals surface area (Å²) in [5.74, 6) is -0.00179. The number of hydrogen-bond donors (Lipinski definition) is 1. The second-order valence-electron chi connectivity index (χ2n) is 6.02. The van der Waals surface area contributed by atoms with E-state index in [9.17, 15) is 4.79 Å². The van der Waals surface area contributed by atoms with Gasteiger partial charge >= 0.3 is 0 Å². The number of hydrazine groups is 1. The van der Waals surface area contributed by atoms with E-state index >= 15 is 0 Å². The van der Waals surface area contributed by atoms with E-state index in [2.05, 4.69) is 29.7 Å². The van der Waals surface area contributed by atoms with Crippen molar-refractivity contribution < 1.29 is 4.79 Å². The highest BCUT2D eigenvalue weighted by Crippen LogP contribution is 2.08. The Morgan fingerprint density at radius 1 is 0.640 bits per heavy atom. The van der Waals surface area contributed by atoms with E-state index in [1.807, 2.05) is 71.7 Å². The number of rotatable bonds is 7. The van der Waals surface area contributed by atoms with Crippen LogP contribution < -0.4 is 5.43 Å². The molecule has 0 saturated heterocycles. The second kappa shape index (κ2) is 8.81. The first-order chi connectivity index (χ1) is 12.3. The van der Waals surface area contributed by atoms with E-state index in [1.54, 1.807) is 0 Å². The van der Waals surface area contributed by atoms with Crippen LogP contribution in [0.4, 0.5) is 0 Å². The first-order valence-corrected chi connectivity index (χ1v) is 8.46. The predicted octanol–water partition coefficient (Wildman–Crippen LogP) is 3.96. The van der Waals surface area contributed by atoms with E-state index in [4.69, 9.17) is 0 Å².